The lowest BCUT2D eigenvalue weighted by atomic mass is 10.2. The van der Waals surface area contributed by atoms with E-state index in [2.05, 4.69) is 26.9 Å². The average molecular weight is 203 g/mol. The lowest BCUT2D eigenvalue weighted by molar-refractivity contribution is 0.631. The van der Waals surface area contributed by atoms with E-state index in [0.717, 1.165) is 13.1 Å². The molecule has 5 heteroatoms. The Morgan fingerprint density at radius 1 is 1.67 bits per heavy atom. The zero-order valence-electron chi connectivity index (χ0n) is 8.40. The molecule has 1 aliphatic rings. The Morgan fingerprint density at radius 2 is 2.60 bits per heavy atom. The molecule has 2 N–H and O–H groups in total. The van der Waals surface area contributed by atoms with Gasteiger partial charge in [0.2, 0.25) is 0 Å². The van der Waals surface area contributed by atoms with Gasteiger partial charge in [-0.15, -0.1) is 5.10 Å². The first-order chi connectivity index (χ1) is 7.40. The molecule has 5 nitrogen and oxygen atoms in total. The van der Waals surface area contributed by atoms with Gasteiger partial charge in [-0.1, -0.05) is 0 Å². The smallest absolute Gasteiger partial charge is 0.166 e. The largest absolute Gasteiger partial charge is 0.366 e. The highest BCUT2D eigenvalue weighted by molar-refractivity contribution is 5.50. The van der Waals surface area contributed by atoms with E-state index in [4.69, 9.17) is 5.26 Å². The van der Waals surface area contributed by atoms with Gasteiger partial charge in [0, 0.05) is 12.6 Å². The zero-order chi connectivity index (χ0) is 10.5. The number of nitrogens with zero attached hydrogens (tertiary/aromatic N) is 3. The van der Waals surface area contributed by atoms with Crippen LogP contribution in [0.3, 0.4) is 0 Å². The van der Waals surface area contributed by atoms with E-state index in [-0.39, 0.29) is 0 Å². The second-order valence-electron chi connectivity index (χ2n) is 3.58. The minimum atomic E-state index is 0.485. The van der Waals surface area contributed by atoms with Crippen LogP contribution in [0.15, 0.2) is 12.3 Å². The van der Waals surface area contributed by atoms with Gasteiger partial charge in [0.15, 0.2) is 5.82 Å². The Morgan fingerprint density at radius 3 is 3.33 bits per heavy atom. The van der Waals surface area contributed by atoms with Gasteiger partial charge < -0.3 is 10.6 Å². The highest BCUT2D eigenvalue weighted by Crippen LogP contribution is 2.10. The van der Waals surface area contributed by atoms with Gasteiger partial charge in [0.05, 0.1) is 11.8 Å². The SMILES string of the molecule is N#Cc1ccnnc1NCC1CCCN1. The molecule has 78 valence electrons. The van der Waals surface area contributed by atoms with Crippen molar-refractivity contribution in [1.29, 1.82) is 5.26 Å². The summed E-state index contributed by atoms with van der Waals surface area (Å²) in [5.74, 6) is 0.577. The van der Waals surface area contributed by atoms with E-state index in [9.17, 15) is 0 Å². The van der Waals surface area contributed by atoms with Crippen LogP contribution in [0, 0.1) is 11.3 Å². The predicted octanol–water partition coefficient (Wildman–Crippen LogP) is 0.512. The third kappa shape index (κ3) is 2.42. The van der Waals surface area contributed by atoms with Crippen LogP contribution in [-0.4, -0.2) is 29.3 Å². The molecular weight excluding hydrogens is 190 g/mol. The molecule has 15 heavy (non-hydrogen) atoms. The molecule has 1 atom stereocenters. The Balaban J connectivity index is 1.95. The van der Waals surface area contributed by atoms with Crippen LogP contribution in [0.5, 0.6) is 0 Å². The van der Waals surface area contributed by atoms with Crippen LogP contribution in [0.2, 0.25) is 0 Å². The molecule has 1 saturated heterocycles. The summed E-state index contributed by atoms with van der Waals surface area (Å²) in [6.07, 6.45) is 3.92. The van der Waals surface area contributed by atoms with Crippen LogP contribution in [0.4, 0.5) is 5.82 Å². The third-order valence-corrected chi connectivity index (χ3v) is 2.52. The highest BCUT2D eigenvalue weighted by atomic mass is 15.2. The van der Waals surface area contributed by atoms with Crippen molar-refractivity contribution >= 4 is 5.82 Å². The molecule has 1 aliphatic heterocycles. The van der Waals surface area contributed by atoms with Crippen molar-refractivity contribution in [3.05, 3.63) is 17.8 Å². The second-order valence-corrected chi connectivity index (χ2v) is 3.58. The molecule has 1 aromatic heterocycles. The highest BCUT2D eigenvalue weighted by Gasteiger charge is 2.14. The van der Waals surface area contributed by atoms with E-state index in [1.165, 1.54) is 19.0 Å². The number of aromatic nitrogens is 2. The summed E-state index contributed by atoms with van der Waals surface area (Å²) in [6, 6.07) is 4.23. The molecule has 0 aliphatic carbocycles. The molecule has 0 aromatic carbocycles. The molecule has 1 unspecified atom stereocenters. The van der Waals surface area contributed by atoms with Crippen molar-refractivity contribution in [3.8, 4) is 6.07 Å². The van der Waals surface area contributed by atoms with Crippen LogP contribution < -0.4 is 10.6 Å². The molecule has 0 radical (unpaired) electrons. The van der Waals surface area contributed by atoms with Gasteiger partial charge in [0.25, 0.3) is 0 Å². The number of rotatable bonds is 3. The lowest BCUT2D eigenvalue weighted by Crippen LogP contribution is -2.29. The van der Waals surface area contributed by atoms with Crippen LogP contribution in [0.25, 0.3) is 0 Å². The van der Waals surface area contributed by atoms with Crippen LogP contribution in [0.1, 0.15) is 18.4 Å². The monoisotopic (exact) mass is 203 g/mol. The van der Waals surface area contributed by atoms with Crippen molar-refractivity contribution in [1.82, 2.24) is 15.5 Å². The first-order valence-corrected chi connectivity index (χ1v) is 5.09. The normalized spacial score (nSPS) is 19.8. The van der Waals surface area contributed by atoms with Crippen molar-refractivity contribution in [2.45, 2.75) is 18.9 Å². The van der Waals surface area contributed by atoms with E-state index < -0.39 is 0 Å². The summed E-state index contributed by atoms with van der Waals surface area (Å²) in [4.78, 5) is 0. The maximum Gasteiger partial charge on any atom is 0.166 e. The Kier molecular flexibility index (Phi) is 3.10. The molecule has 1 aromatic rings. The Labute approximate surface area is 88.5 Å². The van der Waals surface area contributed by atoms with Gasteiger partial charge in [0.1, 0.15) is 6.07 Å². The van der Waals surface area contributed by atoms with E-state index >= 15 is 0 Å². The quantitative estimate of drug-likeness (QED) is 0.748. The zero-order valence-corrected chi connectivity index (χ0v) is 8.40. The van der Waals surface area contributed by atoms with Gasteiger partial charge in [-0.2, -0.15) is 10.4 Å². The fraction of sp³-hybridized carbons (Fsp3) is 0.500. The van der Waals surface area contributed by atoms with E-state index in [1.807, 2.05) is 0 Å². The molecule has 2 rings (SSSR count). The number of nitrogens with one attached hydrogen (secondary N) is 2. The minimum absolute atomic E-state index is 0.485. The van der Waals surface area contributed by atoms with Gasteiger partial charge in [-0.25, -0.2) is 0 Å². The number of nitriles is 1. The summed E-state index contributed by atoms with van der Waals surface area (Å²) in [6.45, 7) is 1.88. The second kappa shape index (κ2) is 4.71. The molecule has 0 spiro atoms. The van der Waals surface area contributed by atoms with Gasteiger partial charge in [-0.05, 0) is 25.5 Å². The summed E-state index contributed by atoms with van der Waals surface area (Å²) in [7, 11) is 0. The Bertz CT molecular complexity index is 364. The summed E-state index contributed by atoms with van der Waals surface area (Å²) >= 11 is 0. The van der Waals surface area contributed by atoms with Gasteiger partial charge >= 0.3 is 0 Å². The van der Waals surface area contributed by atoms with Gasteiger partial charge in [-0.3, -0.25) is 0 Å². The number of hydrogen-bond donors (Lipinski definition) is 2. The molecular formula is C10H13N5. The maximum absolute atomic E-state index is 8.84. The molecule has 1 fully saturated rings. The summed E-state index contributed by atoms with van der Waals surface area (Å²) < 4.78 is 0. The van der Waals surface area contributed by atoms with Crippen molar-refractivity contribution in [3.63, 3.8) is 0 Å². The third-order valence-electron chi connectivity index (χ3n) is 2.52. The maximum atomic E-state index is 8.84. The van der Waals surface area contributed by atoms with E-state index in [1.54, 1.807) is 6.07 Å². The topological polar surface area (TPSA) is 73.6 Å². The summed E-state index contributed by atoms with van der Waals surface area (Å²) in [5.41, 5.74) is 0.544. The summed E-state index contributed by atoms with van der Waals surface area (Å²) in [5, 5.41) is 23.0. The van der Waals surface area contributed by atoms with Crippen LogP contribution in [-0.2, 0) is 0 Å². The van der Waals surface area contributed by atoms with E-state index in [0.29, 0.717) is 17.4 Å². The number of hydrogen-bond acceptors (Lipinski definition) is 5. The molecule has 0 bridgehead atoms. The minimum Gasteiger partial charge on any atom is -0.366 e. The number of anilines is 1. The fourth-order valence-electron chi connectivity index (χ4n) is 1.70. The molecule has 0 amide bonds. The molecule has 0 saturated carbocycles. The molecule has 2 heterocycles. The van der Waals surface area contributed by atoms with Crippen LogP contribution >= 0.6 is 0 Å². The Hall–Kier alpha value is -1.67. The average Bonchev–Trinajstić information content (AvgIpc) is 2.79. The van der Waals surface area contributed by atoms with Crippen molar-refractivity contribution in [2.75, 3.05) is 18.4 Å². The standard InChI is InChI=1S/C10H13N5/c11-6-8-3-5-14-15-10(8)13-7-9-2-1-4-12-9/h3,5,9,12H,1-2,4,7H2,(H,13,15). The first kappa shape index (κ1) is 9.87. The predicted molar refractivity (Wildman–Crippen MR) is 56.3 cm³/mol. The lowest BCUT2D eigenvalue weighted by Gasteiger charge is -2.11. The van der Waals surface area contributed by atoms with Crippen molar-refractivity contribution < 1.29 is 0 Å². The first-order valence-electron chi connectivity index (χ1n) is 5.09. The van der Waals surface area contributed by atoms with Crippen molar-refractivity contribution in [2.24, 2.45) is 0 Å². The fourth-order valence-corrected chi connectivity index (χ4v) is 1.70.